The minimum Gasteiger partial charge on any atom is -0.497 e. The zero-order valence-electron chi connectivity index (χ0n) is 15.5. The summed E-state index contributed by atoms with van der Waals surface area (Å²) in [5.74, 6) is 0.0383. The van der Waals surface area contributed by atoms with Gasteiger partial charge in [-0.1, -0.05) is 0 Å². The van der Waals surface area contributed by atoms with Crippen LogP contribution in [-0.4, -0.2) is 58.7 Å². The van der Waals surface area contributed by atoms with Crippen molar-refractivity contribution in [2.24, 2.45) is 0 Å². The maximum absolute atomic E-state index is 13.3. The van der Waals surface area contributed by atoms with Crippen LogP contribution in [0.25, 0.3) is 0 Å². The van der Waals surface area contributed by atoms with Gasteiger partial charge in [0.2, 0.25) is 20.0 Å². The van der Waals surface area contributed by atoms with Crippen molar-refractivity contribution in [3.63, 3.8) is 0 Å². The standard InChI is InChI=1S/C18H21FN2O5S2/c1-14-13-15(19)3-8-18(14)28(24,25)21-11-9-20(10-12-21)27(22,23)17-6-4-16(26-2)5-7-17/h3-8,13H,9-12H2,1-2H3. The van der Waals surface area contributed by atoms with Crippen LogP contribution in [0.4, 0.5) is 4.39 Å². The maximum Gasteiger partial charge on any atom is 0.243 e. The summed E-state index contributed by atoms with van der Waals surface area (Å²) in [4.78, 5) is 0.152. The molecule has 0 unspecified atom stereocenters. The zero-order valence-corrected chi connectivity index (χ0v) is 17.1. The highest BCUT2D eigenvalue weighted by atomic mass is 32.2. The summed E-state index contributed by atoms with van der Waals surface area (Å²) in [6, 6.07) is 9.54. The van der Waals surface area contributed by atoms with Gasteiger partial charge in [0.1, 0.15) is 11.6 Å². The van der Waals surface area contributed by atoms with Gasteiger partial charge in [-0.25, -0.2) is 21.2 Å². The van der Waals surface area contributed by atoms with Gasteiger partial charge in [0, 0.05) is 26.2 Å². The molecule has 1 aliphatic heterocycles. The molecule has 28 heavy (non-hydrogen) atoms. The third-order valence-electron chi connectivity index (χ3n) is 4.65. The van der Waals surface area contributed by atoms with E-state index in [1.807, 2.05) is 0 Å². The summed E-state index contributed by atoms with van der Waals surface area (Å²) in [5, 5.41) is 0. The number of benzene rings is 2. The van der Waals surface area contributed by atoms with Gasteiger partial charge in [0.25, 0.3) is 0 Å². The van der Waals surface area contributed by atoms with E-state index in [0.29, 0.717) is 11.3 Å². The second kappa shape index (κ2) is 7.78. The van der Waals surface area contributed by atoms with E-state index in [1.165, 1.54) is 40.8 Å². The van der Waals surface area contributed by atoms with Crippen LogP contribution in [0, 0.1) is 12.7 Å². The molecule has 0 spiro atoms. The summed E-state index contributed by atoms with van der Waals surface area (Å²) < 4.78 is 72.0. The quantitative estimate of drug-likeness (QED) is 0.726. The largest absolute Gasteiger partial charge is 0.497 e. The maximum atomic E-state index is 13.3. The fourth-order valence-electron chi connectivity index (χ4n) is 3.09. The van der Waals surface area contributed by atoms with Crippen molar-refractivity contribution in [3.05, 3.63) is 53.8 Å². The van der Waals surface area contributed by atoms with Gasteiger partial charge in [0.05, 0.1) is 16.9 Å². The molecule has 1 fully saturated rings. The number of ether oxygens (including phenoxy) is 1. The van der Waals surface area contributed by atoms with Crippen molar-refractivity contribution in [1.29, 1.82) is 0 Å². The second-order valence-corrected chi connectivity index (χ2v) is 10.2. The Morgan fingerprint density at radius 3 is 1.89 bits per heavy atom. The fourth-order valence-corrected chi connectivity index (χ4v) is 6.14. The lowest BCUT2D eigenvalue weighted by molar-refractivity contribution is 0.272. The molecule has 7 nitrogen and oxygen atoms in total. The highest BCUT2D eigenvalue weighted by Gasteiger charge is 2.34. The monoisotopic (exact) mass is 428 g/mol. The molecule has 0 radical (unpaired) electrons. The van der Waals surface area contributed by atoms with E-state index in [0.717, 1.165) is 12.1 Å². The Bertz CT molecular complexity index is 1060. The molecule has 1 saturated heterocycles. The third kappa shape index (κ3) is 3.90. The lowest BCUT2D eigenvalue weighted by Gasteiger charge is -2.33. The molecule has 0 atom stereocenters. The Kier molecular flexibility index (Phi) is 5.76. The van der Waals surface area contributed by atoms with Crippen molar-refractivity contribution in [1.82, 2.24) is 8.61 Å². The normalized spacial score (nSPS) is 16.8. The van der Waals surface area contributed by atoms with Crippen LogP contribution in [0.5, 0.6) is 5.75 Å². The molecular weight excluding hydrogens is 407 g/mol. The predicted octanol–water partition coefficient (Wildman–Crippen LogP) is 1.84. The third-order valence-corrected chi connectivity index (χ3v) is 8.62. The first-order chi connectivity index (χ1) is 13.2. The Balaban J connectivity index is 1.76. The Labute approximate surface area is 164 Å². The molecular formula is C18H21FN2O5S2. The van der Waals surface area contributed by atoms with Crippen LogP contribution in [-0.2, 0) is 20.0 Å². The van der Waals surface area contributed by atoms with Gasteiger partial charge in [-0.15, -0.1) is 0 Å². The second-order valence-electron chi connectivity index (χ2n) is 6.39. The molecule has 0 aromatic heterocycles. The first kappa shape index (κ1) is 20.7. The molecule has 0 amide bonds. The predicted molar refractivity (Wildman–Crippen MR) is 102 cm³/mol. The van der Waals surface area contributed by atoms with E-state index < -0.39 is 25.9 Å². The number of methoxy groups -OCH3 is 1. The number of hydrogen-bond acceptors (Lipinski definition) is 5. The lowest BCUT2D eigenvalue weighted by atomic mass is 10.2. The Morgan fingerprint density at radius 1 is 0.857 bits per heavy atom. The molecule has 10 heteroatoms. The summed E-state index contributed by atoms with van der Waals surface area (Å²) in [5.41, 5.74) is 0.313. The van der Waals surface area contributed by atoms with E-state index in [-0.39, 0.29) is 36.0 Å². The van der Waals surface area contributed by atoms with Gasteiger partial charge in [0.15, 0.2) is 0 Å². The highest BCUT2D eigenvalue weighted by molar-refractivity contribution is 7.89. The SMILES string of the molecule is COc1ccc(S(=O)(=O)N2CCN(S(=O)(=O)c3ccc(F)cc3C)CC2)cc1. The van der Waals surface area contributed by atoms with Crippen LogP contribution in [0.3, 0.4) is 0 Å². The number of halogens is 1. The van der Waals surface area contributed by atoms with Crippen LogP contribution in [0.15, 0.2) is 52.3 Å². The van der Waals surface area contributed by atoms with Gasteiger partial charge in [-0.05, 0) is 55.0 Å². The van der Waals surface area contributed by atoms with E-state index in [2.05, 4.69) is 0 Å². The van der Waals surface area contributed by atoms with Crippen molar-refractivity contribution < 1.29 is 26.0 Å². The molecule has 3 rings (SSSR count). The molecule has 152 valence electrons. The highest BCUT2D eigenvalue weighted by Crippen LogP contribution is 2.25. The molecule has 0 N–H and O–H groups in total. The van der Waals surface area contributed by atoms with Crippen LogP contribution in [0.1, 0.15) is 5.56 Å². The summed E-state index contributed by atoms with van der Waals surface area (Å²) in [6.07, 6.45) is 0. The number of aryl methyl sites for hydroxylation is 1. The minimum absolute atomic E-state index is 0.0224. The number of piperazine rings is 1. The topological polar surface area (TPSA) is 84.0 Å². The summed E-state index contributed by atoms with van der Waals surface area (Å²) in [7, 11) is -6.06. The number of rotatable bonds is 5. The van der Waals surface area contributed by atoms with Gasteiger partial charge in [-0.3, -0.25) is 0 Å². The smallest absolute Gasteiger partial charge is 0.243 e. The van der Waals surface area contributed by atoms with E-state index in [4.69, 9.17) is 4.74 Å². The molecule has 1 heterocycles. The molecule has 1 aliphatic rings. The molecule has 0 saturated carbocycles. The molecule has 0 aliphatic carbocycles. The van der Waals surface area contributed by atoms with Crippen LogP contribution < -0.4 is 4.74 Å². The summed E-state index contributed by atoms with van der Waals surface area (Å²) >= 11 is 0. The van der Waals surface area contributed by atoms with Crippen molar-refractivity contribution >= 4 is 20.0 Å². The van der Waals surface area contributed by atoms with Crippen molar-refractivity contribution in [3.8, 4) is 5.75 Å². The van der Waals surface area contributed by atoms with Gasteiger partial charge in [-0.2, -0.15) is 8.61 Å². The van der Waals surface area contributed by atoms with Crippen LogP contribution >= 0.6 is 0 Å². The molecule has 2 aromatic rings. The first-order valence-electron chi connectivity index (χ1n) is 8.57. The average molecular weight is 429 g/mol. The lowest BCUT2D eigenvalue weighted by Crippen LogP contribution is -2.50. The Hall–Kier alpha value is -2.01. The minimum atomic E-state index is -3.82. The number of nitrogens with zero attached hydrogens (tertiary/aromatic N) is 2. The van der Waals surface area contributed by atoms with Gasteiger partial charge >= 0.3 is 0 Å². The molecule has 2 aromatic carbocycles. The van der Waals surface area contributed by atoms with Crippen molar-refractivity contribution in [2.75, 3.05) is 33.3 Å². The Morgan fingerprint density at radius 2 is 1.39 bits per heavy atom. The van der Waals surface area contributed by atoms with E-state index in [1.54, 1.807) is 12.1 Å². The molecule has 0 bridgehead atoms. The van der Waals surface area contributed by atoms with E-state index in [9.17, 15) is 21.2 Å². The fraction of sp³-hybridized carbons (Fsp3) is 0.333. The summed E-state index contributed by atoms with van der Waals surface area (Å²) in [6.45, 7) is 1.64. The van der Waals surface area contributed by atoms with Crippen LogP contribution in [0.2, 0.25) is 0 Å². The average Bonchev–Trinajstić information content (AvgIpc) is 2.68. The van der Waals surface area contributed by atoms with Crippen molar-refractivity contribution in [2.45, 2.75) is 16.7 Å². The number of sulfonamides is 2. The van der Waals surface area contributed by atoms with Gasteiger partial charge < -0.3 is 4.74 Å². The van der Waals surface area contributed by atoms with E-state index >= 15 is 0 Å². The number of hydrogen-bond donors (Lipinski definition) is 0. The zero-order chi connectivity index (χ0) is 20.5. The first-order valence-corrected chi connectivity index (χ1v) is 11.4.